The van der Waals surface area contributed by atoms with Crippen LogP contribution in [0.5, 0.6) is 5.75 Å². The van der Waals surface area contributed by atoms with Crippen molar-refractivity contribution in [1.29, 1.82) is 0 Å². The van der Waals surface area contributed by atoms with Gasteiger partial charge < -0.3 is 19.9 Å². The first-order valence-electron chi connectivity index (χ1n) is 9.70. The summed E-state index contributed by atoms with van der Waals surface area (Å²) in [6.45, 7) is 0.939. The molecule has 0 spiro atoms. The van der Waals surface area contributed by atoms with Crippen LogP contribution in [0.4, 0.5) is 10.5 Å². The second-order valence-corrected chi connectivity index (χ2v) is 7.70. The van der Waals surface area contributed by atoms with Crippen LogP contribution < -0.4 is 15.0 Å². The fraction of sp³-hybridized carbons (Fsp3) is 0.600. The molecule has 3 aliphatic rings. The van der Waals surface area contributed by atoms with E-state index < -0.39 is 6.04 Å². The zero-order valence-electron chi connectivity index (χ0n) is 15.3. The third kappa shape index (κ3) is 3.24. The van der Waals surface area contributed by atoms with Gasteiger partial charge in [-0.15, -0.1) is 0 Å². The molecule has 0 radical (unpaired) electrons. The lowest BCUT2D eigenvalue weighted by Gasteiger charge is -2.42. The number of amides is 3. The molecule has 4 rings (SSSR count). The molecular weight excluding hydrogens is 330 g/mol. The molecule has 1 saturated carbocycles. The summed E-state index contributed by atoms with van der Waals surface area (Å²) in [6, 6.07) is 6.98. The summed E-state index contributed by atoms with van der Waals surface area (Å²) in [7, 11) is 1.72. The van der Waals surface area contributed by atoms with Crippen LogP contribution in [0, 0.1) is 5.92 Å². The molecule has 1 N–H and O–H groups in total. The second-order valence-electron chi connectivity index (χ2n) is 7.70. The maximum absolute atomic E-state index is 12.7. The molecule has 0 bridgehead atoms. The third-order valence-electron chi connectivity index (χ3n) is 6.04. The van der Waals surface area contributed by atoms with Gasteiger partial charge in [0.2, 0.25) is 0 Å². The van der Waals surface area contributed by atoms with Gasteiger partial charge in [0.05, 0.1) is 5.69 Å². The van der Waals surface area contributed by atoms with E-state index in [1.165, 1.54) is 25.7 Å². The van der Waals surface area contributed by atoms with Gasteiger partial charge in [0.1, 0.15) is 18.4 Å². The predicted octanol–water partition coefficient (Wildman–Crippen LogP) is 2.77. The number of likely N-dealkylation sites (tertiary alicyclic amines) is 1. The van der Waals surface area contributed by atoms with Crippen molar-refractivity contribution >= 4 is 17.6 Å². The number of rotatable bonds is 3. The summed E-state index contributed by atoms with van der Waals surface area (Å²) in [5.74, 6) is 1.29. The number of anilines is 1. The number of hydrogen-bond donors (Lipinski definition) is 1. The Labute approximate surface area is 154 Å². The number of hydrogen-bond acceptors (Lipinski definition) is 3. The Morgan fingerprint density at radius 3 is 2.73 bits per heavy atom. The summed E-state index contributed by atoms with van der Waals surface area (Å²) < 4.78 is 5.77. The fourth-order valence-electron chi connectivity index (χ4n) is 4.37. The first-order chi connectivity index (χ1) is 12.6. The summed E-state index contributed by atoms with van der Waals surface area (Å²) in [5, 5.41) is 2.90. The van der Waals surface area contributed by atoms with Gasteiger partial charge in [-0.1, -0.05) is 37.8 Å². The Hall–Kier alpha value is -2.24. The fourth-order valence-corrected chi connectivity index (χ4v) is 4.37. The van der Waals surface area contributed by atoms with E-state index >= 15 is 0 Å². The lowest BCUT2D eigenvalue weighted by Crippen LogP contribution is -2.59. The lowest BCUT2D eigenvalue weighted by atomic mass is 9.91. The third-order valence-corrected chi connectivity index (χ3v) is 6.04. The average molecular weight is 357 g/mol. The van der Waals surface area contributed by atoms with Crippen LogP contribution in [-0.2, 0) is 4.79 Å². The van der Waals surface area contributed by atoms with Gasteiger partial charge >= 0.3 is 6.03 Å². The smallest absolute Gasteiger partial charge is 0.318 e. The Morgan fingerprint density at radius 1 is 1.23 bits per heavy atom. The van der Waals surface area contributed by atoms with E-state index in [0.29, 0.717) is 11.8 Å². The van der Waals surface area contributed by atoms with Crippen LogP contribution in [0.25, 0.3) is 0 Å². The average Bonchev–Trinajstić information content (AvgIpc) is 3.11. The maximum Gasteiger partial charge on any atom is 0.318 e. The summed E-state index contributed by atoms with van der Waals surface area (Å²) in [4.78, 5) is 28.9. The molecule has 1 aromatic rings. The molecule has 0 aromatic heterocycles. The van der Waals surface area contributed by atoms with Gasteiger partial charge in [-0.3, -0.25) is 4.79 Å². The number of urea groups is 1. The number of carbonyl (C=O) groups is 2. The molecule has 1 saturated heterocycles. The normalized spacial score (nSPS) is 26.0. The lowest BCUT2D eigenvalue weighted by molar-refractivity contribution is -0.120. The second kappa shape index (κ2) is 7.17. The highest BCUT2D eigenvalue weighted by molar-refractivity contribution is 6.00. The molecule has 2 fully saturated rings. The number of likely N-dealkylation sites (N-methyl/N-ethyl adjacent to an activating group) is 1. The van der Waals surface area contributed by atoms with E-state index in [1.807, 2.05) is 29.2 Å². The van der Waals surface area contributed by atoms with Crippen molar-refractivity contribution in [3.8, 4) is 5.75 Å². The minimum Gasteiger partial charge on any atom is -0.489 e. The van der Waals surface area contributed by atoms with Crippen molar-refractivity contribution in [2.45, 2.75) is 50.6 Å². The molecule has 1 aromatic carbocycles. The number of carbonyl (C=O) groups excluding carboxylic acids is 2. The van der Waals surface area contributed by atoms with Gasteiger partial charge in [-0.25, -0.2) is 4.79 Å². The monoisotopic (exact) mass is 357 g/mol. The Balaban J connectivity index is 1.37. The molecule has 140 valence electrons. The number of para-hydroxylation sites is 2. The Morgan fingerprint density at radius 2 is 2.00 bits per heavy atom. The molecule has 6 nitrogen and oxygen atoms in total. The van der Waals surface area contributed by atoms with E-state index in [0.717, 1.165) is 31.0 Å². The topological polar surface area (TPSA) is 61.9 Å². The van der Waals surface area contributed by atoms with Crippen molar-refractivity contribution in [2.75, 3.05) is 25.1 Å². The minimum atomic E-state index is -0.660. The van der Waals surface area contributed by atoms with E-state index in [1.54, 1.807) is 11.9 Å². The van der Waals surface area contributed by atoms with Gasteiger partial charge in [-0.2, -0.15) is 0 Å². The van der Waals surface area contributed by atoms with Gasteiger partial charge in [-0.05, 0) is 30.9 Å². The Bertz CT molecular complexity index is 687. The quantitative estimate of drug-likeness (QED) is 0.905. The molecule has 1 aliphatic carbocycles. The number of benzene rings is 1. The maximum atomic E-state index is 12.7. The molecule has 3 amide bonds. The van der Waals surface area contributed by atoms with Gasteiger partial charge in [0.25, 0.3) is 5.91 Å². The number of fused-ring (bicyclic) bond motifs is 1. The molecule has 2 aliphatic heterocycles. The van der Waals surface area contributed by atoms with Crippen LogP contribution in [0.3, 0.4) is 0 Å². The largest absolute Gasteiger partial charge is 0.489 e. The first kappa shape index (κ1) is 17.2. The van der Waals surface area contributed by atoms with E-state index in [-0.39, 0.29) is 18.5 Å². The van der Waals surface area contributed by atoms with Gasteiger partial charge in [0, 0.05) is 19.6 Å². The SMILES string of the molecule is CN1C(=O)[C@@H](NC(=O)N2CCC2CC2CCCC2)COc2ccccc21. The van der Waals surface area contributed by atoms with Crippen LogP contribution in [0.1, 0.15) is 38.5 Å². The van der Waals surface area contributed by atoms with E-state index in [4.69, 9.17) is 4.74 Å². The zero-order chi connectivity index (χ0) is 18.1. The number of nitrogens with zero attached hydrogens (tertiary/aromatic N) is 2. The summed E-state index contributed by atoms with van der Waals surface area (Å²) in [5.41, 5.74) is 0.734. The number of ether oxygens (including phenoxy) is 1. The summed E-state index contributed by atoms with van der Waals surface area (Å²) >= 11 is 0. The van der Waals surface area contributed by atoms with Crippen molar-refractivity contribution in [3.63, 3.8) is 0 Å². The standard InChI is InChI=1S/C20H27N3O3/c1-22-17-8-4-5-9-18(17)26-13-16(19(22)24)21-20(25)23-11-10-15(23)12-14-6-2-3-7-14/h4-5,8-9,14-16H,2-3,6-7,10-13H2,1H3,(H,21,25)/t15?,16-/m0/s1. The van der Waals surface area contributed by atoms with Crippen molar-refractivity contribution in [2.24, 2.45) is 5.92 Å². The molecule has 2 heterocycles. The van der Waals surface area contributed by atoms with Crippen molar-refractivity contribution in [1.82, 2.24) is 10.2 Å². The van der Waals surface area contributed by atoms with E-state index in [2.05, 4.69) is 5.32 Å². The van der Waals surface area contributed by atoms with Crippen LogP contribution in [0.15, 0.2) is 24.3 Å². The van der Waals surface area contributed by atoms with Crippen LogP contribution in [0.2, 0.25) is 0 Å². The van der Waals surface area contributed by atoms with Crippen LogP contribution >= 0.6 is 0 Å². The first-order valence-corrected chi connectivity index (χ1v) is 9.70. The van der Waals surface area contributed by atoms with Crippen molar-refractivity contribution in [3.05, 3.63) is 24.3 Å². The van der Waals surface area contributed by atoms with E-state index in [9.17, 15) is 9.59 Å². The highest BCUT2D eigenvalue weighted by Crippen LogP contribution is 2.34. The predicted molar refractivity (Wildman–Crippen MR) is 99.4 cm³/mol. The minimum absolute atomic E-state index is 0.138. The Kier molecular flexibility index (Phi) is 4.74. The molecule has 1 unspecified atom stereocenters. The van der Waals surface area contributed by atoms with Crippen LogP contribution in [-0.4, -0.2) is 49.1 Å². The van der Waals surface area contributed by atoms with Gasteiger partial charge in [0.15, 0.2) is 0 Å². The van der Waals surface area contributed by atoms with Crippen molar-refractivity contribution < 1.29 is 14.3 Å². The zero-order valence-corrected chi connectivity index (χ0v) is 15.3. The molecule has 2 atom stereocenters. The molecular formula is C20H27N3O3. The highest BCUT2D eigenvalue weighted by Gasteiger charge is 2.37. The number of nitrogens with one attached hydrogen (secondary N) is 1. The highest BCUT2D eigenvalue weighted by atomic mass is 16.5. The molecule has 6 heteroatoms. The molecule has 26 heavy (non-hydrogen) atoms. The summed E-state index contributed by atoms with van der Waals surface area (Å²) in [6.07, 6.45) is 7.42.